The molecule has 1 rings (SSSR count). The second kappa shape index (κ2) is 7.09. The molecule has 3 unspecified atom stereocenters. The number of carbonyl (C=O) groups excluding carboxylic acids is 1. The minimum absolute atomic E-state index is 0.00205. The average molecular weight is 282 g/mol. The third-order valence-electron chi connectivity index (χ3n) is 3.16. The Hall–Kier alpha value is -0.820. The first kappa shape index (κ1) is 16.2. The van der Waals surface area contributed by atoms with Crippen molar-refractivity contribution in [2.75, 3.05) is 20.3 Å². The lowest BCUT2D eigenvalue weighted by Crippen LogP contribution is -2.54. The number of carbonyl (C=O) groups is 1. The van der Waals surface area contributed by atoms with Gasteiger partial charge >= 0.3 is 6.18 Å². The summed E-state index contributed by atoms with van der Waals surface area (Å²) in [5.41, 5.74) is 0. The van der Waals surface area contributed by atoms with Crippen molar-refractivity contribution in [3.05, 3.63) is 0 Å². The van der Waals surface area contributed by atoms with Gasteiger partial charge in [0.1, 0.15) is 6.04 Å². The number of ether oxygens (including phenoxy) is 1. The maximum atomic E-state index is 12.4. The van der Waals surface area contributed by atoms with Gasteiger partial charge in [0.15, 0.2) is 0 Å². The van der Waals surface area contributed by atoms with E-state index < -0.39 is 12.2 Å². The summed E-state index contributed by atoms with van der Waals surface area (Å²) >= 11 is 0. The van der Waals surface area contributed by atoms with E-state index in [1.807, 2.05) is 6.92 Å². The van der Waals surface area contributed by atoms with E-state index in [0.29, 0.717) is 19.4 Å². The van der Waals surface area contributed by atoms with E-state index in [2.05, 4.69) is 10.6 Å². The van der Waals surface area contributed by atoms with Crippen molar-refractivity contribution >= 4 is 5.91 Å². The van der Waals surface area contributed by atoms with Crippen LogP contribution in [0.25, 0.3) is 0 Å². The molecule has 2 N–H and O–H groups in total. The largest absolute Gasteiger partial charge is 0.403 e. The Morgan fingerprint density at radius 2 is 2.16 bits per heavy atom. The van der Waals surface area contributed by atoms with E-state index in [1.54, 1.807) is 7.11 Å². The molecule has 0 bridgehead atoms. The molecule has 0 radical (unpaired) electrons. The van der Waals surface area contributed by atoms with E-state index in [4.69, 9.17) is 4.74 Å². The van der Waals surface area contributed by atoms with Crippen LogP contribution in [0.3, 0.4) is 0 Å². The third-order valence-corrected chi connectivity index (χ3v) is 3.16. The van der Waals surface area contributed by atoms with Gasteiger partial charge in [-0.3, -0.25) is 4.79 Å². The molecule has 7 heteroatoms. The zero-order chi connectivity index (χ0) is 14.5. The Labute approximate surface area is 111 Å². The van der Waals surface area contributed by atoms with E-state index in [-0.39, 0.29) is 30.8 Å². The van der Waals surface area contributed by atoms with Gasteiger partial charge in [0.2, 0.25) is 5.91 Å². The summed E-state index contributed by atoms with van der Waals surface area (Å²) in [5.74, 6) is -0.0358. The summed E-state index contributed by atoms with van der Waals surface area (Å²) < 4.78 is 42.2. The van der Waals surface area contributed by atoms with Gasteiger partial charge in [-0.1, -0.05) is 6.92 Å². The van der Waals surface area contributed by atoms with Crippen LogP contribution in [0.5, 0.6) is 0 Å². The standard InChI is InChI=1S/C12H21F3N2O2/c1-8(7-19-2)5-11(18)17-9-3-4-10(16-6-9)12(13,14)15/h8-10,16H,3-7H2,1-2H3,(H,17,18). The molecule has 1 fully saturated rings. The van der Waals surface area contributed by atoms with Gasteiger partial charge in [0.05, 0.1) is 0 Å². The molecular formula is C12H21F3N2O2. The van der Waals surface area contributed by atoms with Crippen molar-refractivity contribution in [2.45, 2.75) is 44.4 Å². The lowest BCUT2D eigenvalue weighted by atomic mass is 10.00. The molecule has 3 atom stereocenters. The third kappa shape index (κ3) is 5.78. The lowest BCUT2D eigenvalue weighted by molar-refractivity contribution is -0.161. The molecule has 1 saturated heterocycles. The SMILES string of the molecule is COCC(C)CC(=O)NC1CCC(C(F)(F)F)NC1. The Morgan fingerprint density at radius 3 is 2.63 bits per heavy atom. The van der Waals surface area contributed by atoms with Crippen LogP contribution in [-0.2, 0) is 9.53 Å². The quantitative estimate of drug-likeness (QED) is 0.802. The van der Waals surface area contributed by atoms with Gasteiger partial charge in [-0.25, -0.2) is 0 Å². The summed E-state index contributed by atoms with van der Waals surface area (Å²) in [4.78, 5) is 11.7. The van der Waals surface area contributed by atoms with Crippen molar-refractivity contribution in [1.29, 1.82) is 0 Å². The Bertz CT molecular complexity index is 289. The van der Waals surface area contributed by atoms with Crippen molar-refractivity contribution in [1.82, 2.24) is 10.6 Å². The number of amides is 1. The molecule has 1 heterocycles. The normalized spacial score (nSPS) is 25.9. The molecule has 0 aromatic carbocycles. The maximum absolute atomic E-state index is 12.4. The van der Waals surface area contributed by atoms with E-state index in [1.165, 1.54) is 0 Å². The molecule has 1 aliphatic heterocycles. The first-order valence-electron chi connectivity index (χ1n) is 6.41. The number of nitrogens with one attached hydrogen (secondary N) is 2. The van der Waals surface area contributed by atoms with Crippen LogP contribution in [0, 0.1) is 5.92 Å². The summed E-state index contributed by atoms with van der Waals surface area (Å²) in [6, 6.07) is -1.67. The summed E-state index contributed by atoms with van der Waals surface area (Å²) in [6.07, 6.45) is -3.53. The van der Waals surface area contributed by atoms with Crippen LogP contribution >= 0.6 is 0 Å². The molecule has 112 valence electrons. The van der Waals surface area contributed by atoms with Crippen LogP contribution in [0.4, 0.5) is 13.2 Å². The van der Waals surface area contributed by atoms with Crippen LogP contribution < -0.4 is 10.6 Å². The summed E-state index contributed by atoms with van der Waals surface area (Å²) in [7, 11) is 1.57. The van der Waals surface area contributed by atoms with E-state index in [9.17, 15) is 18.0 Å². The molecule has 1 amide bonds. The number of halogens is 3. The summed E-state index contributed by atoms with van der Waals surface area (Å²) in [6.45, 7) is 2.54. The highest BCUT2D eigenvalue weighted by molar-refractivity contribution is 5.76. The van der Waals surface area contributed by atoms with Crippen LogP contribution in [0.2, 0.25) is 0 Å². The molecular weight excluding hydrogens is 261 g/mol. The fourth-order valence-electron chi connectivity index (χ4n) is 2.21. The van der Waals surface area contributed by atoms with E-state index >= 15 is 0 Å². The van der Waals surface area contributed by atoms with Crippen molar-refractivity contribution in [3.63, 3.8) is 0 Å². The first-order chi connectivity index (χ1) is 8.82. The molecule has 0 aromatic rings. The van der Waals surface area contributed by atoms with Gasteiger partial charge in [-0.15, -0.1) is 0 Å². The molecule has 0 aliphatic carbocycles. The zero-order valence-electron chi connectivity index (χ0n) is 11.2. The minimum atomic E-state index is -4.21. The lowest BCUT2D eigenvalue weighted by Gasteiger charge is -2.31. The maximum Gasteiger partial charge on any atom is 0.403 e. The molecule has 0 spiro atoms. The molecule has 0 aromatic heterocycles. The van der Waals surface area contributed by atoms with Crippen molar-refractivity contribution < 1.29 is 22.7 Å². The average Bonchev–Trinajstić information content (AvgIpc) is 2.28. The fraction of sp³-hybridized carbons (Fsp3) is 0.917. The predicted octanol–water partition coefficient (Wildman–Crippen LogP) is 1.46. The molecule has 19 heavy (non-hydrogen) atoms. The summed E-state index contributed by atoms with van der Waals surface area (Å²) in [5, 5.41) is 5.18. The number of alkyl halides is 3. The smallest absolute Gasteiger partial charge is 0.384 e. The van der Waals surface area contributed by atoms with Crippen LogP contribution in [0.1, 0.15) is 26.2 Å². The predicted molar refractivity (Wildman–Crippen MR) is 64.7 cm³/mol. The van der Waals surface area contributed by atoms with E-state index in [0.717, 1.165) is 0 Å². The highest BCUT2D eigenvalue weighted by Crippen LogP contribution is 2.26. The highest BCUT2D eigenvalue weighted by atomic mass is 19.4. The van der Waals surface area contributed by atoms with Gasteiger partial charge in [-0.2, -0.15) is 13.2 Å². The highest BCUT2D eigenvalue weighted by Gasteiger charge is 2.41. The van der Waals surface area contributed by atoms with Gasteiger partial charge < -0.3 is 15.4 Å². The molecule has 1 aliphatic rings. The molecule has 0 saturated carbocycles. The van der Waals surface area contributed by atoms with Gasteiger partial charge in [0.25, 0.3) is 0 Å². The van der Waals surface area contributed by atoms with Gasteiger partial charge in [0, 0.05) is 32.7 Å². The van der Waals surface area contributed by atoms with Crippen molar-refractivity contribution in [2.24, 2.45) is 5.92 Å². The Balaban J connectivity index is 2.27. The number of hydrogen-bond acceptors (Lipinski definition) is 3. The van der Waals surface area contributed by atoms with Crippen LogP contribution in [0.15, 0.2) is 0 Å². The number of piperidine rings is 1. The first-order valence-corrected chi connectivity index (χ1v) is 6.41. The minimum Gasteiger partial charge on any atom is -0.384 e. The Kier molecular flexibility index (Phi) is 6.06. The Morgan fingerprint density at radius 1 is 1.47 bits per heavy atom. The fourth-order valence-corrected chi connectivity index (χ4v) is 2.21. The molecule has 4 nitrogen and oxygen atoms in total. The van der Waals surface area contributed by atoms with Crippen molar-refractivity contribution in [3.8, 4) is 0 Å². The number of hydrogen-bond donors (Lipinski definition) is 2. The zero-order valence-corrected chi connectivity index (χ0v) is 11.2. The van der Waals surface area contributed by atoms with Gasteiger partial charge in [-0.05, 0) is 18.8 Å². The monoisotopic (exact) mass is 282 g/mol. The number of methoxy groups -OCH3 is 1. The van der Waals surface area contributed by atoms with Crippen LogP contribution in [-0.4, -0.2) is 44.4 Å². The second-order valence-corrected chi connectivity index (χ2v) is 5.11. The topological polar surface area (TPSA) is 50.4 Å². The number of rotatable bonds is 5. The second-order valence-electron chi connectivity index (χ2n) is 5.11.